The molecular formula is C54H62FN9O11S. The largest absolute Gasteiger partial charge is 0.507 e. The van der Waals surface area contributed by atoms with E-state index in [1.807, 2.05) is 25.1 Å². The number of alkyl halides is 1. The molecule has 2 aromatic heterocycles. The van der Waals surface area contributed by atoms with Crippen molar-refractivity contribution < 1.29 is 57.4 Å². The van der Waals surface area contributed by atoms with Gasteiger partial charge in [-0.1, -0.05) is 50.2 Å². The van der Waals surface area contributed by atoms with Crippen LogP contribution < -0.4 is 31.3 Å². The van der Waals surface area contributed by atoms with Crippen molar-refractivity contribution in [3.8, 4) is 33.3 Å². The van der Waals surface area contributed by atoms with Crippen LogP contribution in [0.4, 0.5) is 4.39 Å². The lowest BCUT2D eigenvalue weighted by molar-refractivity contribution is -0.145. The molecule has 3 heterocycles. The number of hydrogen-bond acceptors (Lipinski definition) is 14. The Morgan fingerprint density at radius 1 is 0.947 bits per heavy atom. The molecule has 2 unspecified atom stereocenters. The minimum absolute atomic E-state index is 0.0326. The molecule has 3 aliphatic rings. The Morgan fingerprint density at radius 2 is 1.70 bits per heavy atom. The highest BCUT2D eigenvalue weighted by Crippen LogP contribution is 2.41. The lowest BCUT2D eigenvalue weighted by Crippen LogP contribution is -2.59. The van der Waals surface area contributed by atoms with Gasteiger partial charge in [-0.3, -0.25) is 33.6 Å². The summed E-state index contributed by atoms with van der Waals surface area (Å²) >= 11 is 1.42. The molecular weight excluding hydrogens is 1000 g/mol. The molecule has 4 atom stereocenters. The van der Waals surface area contributed by atoms with Crippen molar-refractivity contribution in [1.82, 2.24) is 46.5 Å². The molecule has 7 amide bonds. The van der Waals surface area contributed by atoms with Crippen molar-refractivity contribution in [2.45, 2.75) is 96.1 Å². The number of aliphatic hydroxyl groups excluding tert-OH is 1. The van der Waals surface area contributed by atoms with Crippen LogP contribution in [-0.2, 0) is 32.1 Å². The zero-order chi connectivity index (χ0) is 54.6. The molecule has 1 saturated carbocycles. The summed E-state index contributed by atoms with van der Waals surface area (Å²) in [5.74, 6) is -3.49. The van der Waals surface area contributed by atoms with Crippen LogP contribution in [0.5, 0.6) is 11.5 Å². The fourth-order valence-electron chi connectivity index (χ4n) is 9.22. The molecule has 20 nitrogen and oxygen atoms in total. The quantitative estimate of drug-likeness (QED) is 0.0573. The number of aryl methyl sites for hydroxylation is 2. The second-order valence-electron chi connectivity index (χ2n) is 20.7. The maximum Gasteiger partial charge on any atom is 0.273 e. The number of ether oxygens (including phenoxy) is 1. The van der Waals surface area contributed by atoms with Crippen molar-refractivity contribution in [2.24, 2.45) is 5.41 Å². The van der Waals surface area contributed by atoms with Gasteiger partial charge >= 0.3 is 0 Å². The Bertz CT molecular complexity index is 3060. The van der Waals surface area contributed by atoms with Gasteiger partial charge in [-0.05, 0) is 85.0 Å². The minimum atomic E-state index is -2.02. The van der Waals surface area contributed by atoms with Gasteiger partial charge in [0.2, 0.25) is 11.8 Å². The van der Waals surface area contributed by atoms with Crippen LogP contribution in [0.15, 0.2) is 70.7 Å². The number of thiazole rings is 1. The maximum atomic E-state index is 14.7. The third-order valence-corrected chi connectivity index (χ3v) is 14.7. The SMILES string of the molecule is Cc1ncsc1-c1ccc(CNC(=O)[C@@H]2C[C@@H](O)CN2C(=O)C(NC(=O)C2(F)CC2)C(C)(C)C)c(OCC(=O)NCCNC(=O)c2ccc3c(c2)C(CNC(=O)c2cc(-c4ccc(C(=O)N(C)C)c(O)c4)on2)CC3)c1. The summed E-state index contributed by atoms with van der Waals surface area (Å²) in [4.78, 5) is 100. The third-order valence-electron chi connectivity index (χ3n) is 13.7. The number of nitrogens with one attached hydrogen (secondary N) is 5. The number of carbonyl (C=O) groups excluding carboxylic acids is 7. The average molecular weight is 1060 g/mol. The number of aromatic nitrogens is 2. The van der Waals surface area contributed by atoms with Crippen LogP contribution in [-0.4, -0.2) is 142 Å². The molecule has 402 valence electrons. The summed E-state index contributed by atoms with van der Waals surface area (Å²) in [7, 11) is 3.15. The van der Waals surface area contributed by atoms with E-state index in [-0.39, 0.29) is 92.5 Å². The zero-order valence-corrected chi connectivity index (χ0v) is 43.9. The van der Waals surface area contributed by atoms with E-state index >= 15 is 0 Å². The second kappa shape index (κ2) is 22.6. The number of phenols is 1. The van der Waals surface area contributed by atoms with Gasteiger partial charge in [-0.25, -0.2) is 9.37 Å². The van der Waals surface area contributed by atoms with Crippen molar-refractivity contribution in [2.75, 3.05) is 46.9 Å². The van der Waals surface area contributed by atoms with Gasteiger partial charge in [-0.15, -0.1) is 11.3 Å². The van der Waals surface area contributed by atoms with Gasteiger partial charge < -0.3 is 55.9 Å². The molecule has 0 radical (unpaired) electrons. The number of halogens is 1. The van der Waals surface area contributed by atoms with Gasteiger partial charge in [0, 0.05) is 81.9 Å². The van der Waals surface area contributed by atoms with Gasteiger partial charge in [-0.2, -0.15) is 0 Å². The molecule has 1 aliphatic heterocycles. The highest BCUT2D eigenvalue weighted by atomic mass is 32.1. The number of phenolic OH excluding ortho intramolecular Hbond substituents is 1. The van der Waals surface area contributed by atoms with E-state index in [9.17, 15) is 48.2 Å². The number of aliphatic hydroxyl groups is 1. The van der Waals surface area contributed by atoms with Crippen molar-refractivity contribution in [3.05, 3.63) is 105 Å². The number of amides is 7. The summed E-state index contributed by atoms with van der Waals surface area (Å²) in [6, 6.07) is 14.4. The van der Waals surface area contributed by atoms with E-state index in [2.05, 4.69) is 36.7 Å². The number of β-amino-alcohol motifs (C(OH)–C–C–N with tert-alkyl or cyclic N) is 1. The summed E-state index contributed by atoms with van der Waals surface area (Å²) in [5.41, 5.74) is 3.92. The molecule has 22 heteroatoms. The maximum absolute atomic E-state index is 14.7. The Labute approximate surface area is 442 Å². The third kappa shape index (κ3) is 12.5. The summed E-state index contributed by atoms with van der Waals surface area (Å²) in [6.45, 7) is 6.87. The molecule has 7 N–H and O–H groups in total. The predicted molar refractivity (Wildman–Crippen MR) is 277 cm³/mol. The first-order valence-electron chi connectivity index (χ1n) is 25.0. The van der Waals surface area contributed by atoms with E-state index in [4.69, 9.17) is 9.26 Å². The molecule has 0 bridgehead atoms. The van der Waals surface area contributed by atoms with Crippen LogP contribution >= 0.6 is 11.3 Å². The smallest absolute Gasteiger partial charge is 0.273 e. The van der Waals surface area contributed by atoms with Gasteiger partial charge in [0.05, 0.1) is 27.7 Å². The fourth-order valence-corrected chi connectivity index (χ4v) is 10.0. The van der Waals surface area contributed by atoms with Gasteiger partial charge in [0.1, 0.15) is 23.6 Å². The van der Waals surface area contributed by atoms with Crippen molar-refractivity contribution >= 4 is 52.7 Å². The van der Waals surface area contributed by atoms with Crippen LogP contribution in [0, 0.1) is 12.3 Å². The molecule has 2 fully saturated rings. The van der Waals surface area contributed by atoms with E-state index in [0.717, 1.165) is 40.1 Å². The number of hydrogen-bond donors (Lipinski definition) is 7. The van der Waals surface area contributed by atoms with E-state index in [1.54, 1.807) is 64.6 Å². The number of carbonyl (C=O) groups is 7. The first kappa shape index (κ1) is 54.5. The monoisotopic (exact) mass is 1060 g/mol. The Morgan fingerprint density at radius 3 is 2.39 bits per heavy atom. The van der Waals surface area contributed by atoms with Crippen LogP contribution in [0.3, 0.4) is 0 Å². The van der Waals surface area contributed by atoms with Gasteiger partial charge in [0.15, 0.2) is 23.7 Å². The fraction of sp³-hybridized carbons (Fsp3) is 0.426. The lowest BCUT2D eigenvalue weighted by Gasteiger charge is -2.35. The first-order chi connectivity index (χ1) is 36.1. The van der Waals surface area contributed by atoms with E-state index in [0.29, 0.717) is 22.4 Å². The summed E-state index contributed by atoms with van der Waals surface area (Å²) in [5, 5.41) is 38.9. The highest BCUT2D eigenvalue weighted by molar-refractivity contribution is 7.13. The van der Waals surface area contributed by atoms with Crippen LogP contribution in [0.25, 0.3) is 21.8 Å². The highest BCUT2D eigenvalue weighted by Gasteiger charge is 2.53. The predicted octanol–water partition coefficient (Wildman–Crippen LogP) is 4.18. The topological polar surface area (TPSA) is 275 Å². The second-order valence-corrected chi connectivity index (χ2v) is 21.6. The lowest BCUT2D eigenvalue weighted by atomic mass is 9.85. The Kier molecular flexibility index (Phi) is 16.2. The molecule has 1 saturated heterocycles. The van der Waals surface area contributed by atoms with E-state index < -0.39 is 65.4 Å². The van der Waals surface area contributed by atoms with Gasteiger partial charge in [0.25, 0.3) is 29.5 Å². The number of nitrogens with zero attached hydrogens (tertiary/aromatic N) is 4. The molecule has 8 rings (SSSR count). The first-order valence-corrected chi connectivity index (χ1v) is 25.9. The molecule has 2 aliphatic carbocycles. The number of fused-ring (bicyclic) bond motifs is 1. The minimum Gasteiger partial charge on any atom is -0.507 e. The number of benzene rings is 3. The Balaban J connectivity index is 0.823. The average Bonchev–Trinajstić information content (AvgIpc) is 3.87. The molecule has 5 aromatic rings. The number of aromatic hydroxyl groups is 1. The normalized spacial score (nSPS) is 17.7. The number of likely N-dealkylation sites (tertiary alicyclic amines) is 1. The van der Waals surface area contributed by atoms with Crippen LogP contribution in [0.2, 0.25) is 0 Å². The van der Waals surface area contributed by atoms with Crippen molar-refractivity contribution in [3.63, 3.8) is 0 Å². The Hall–Kier alpha value is -7.72. The van der Waals surface area contributed by atoms with Crippen LogP contribution in [0.1, 0.15) is 106 Å². The molecule has 3 aromatic carbocycles. The summed E-state index contributed by atoms with van der Waals surface area (Å²) < 4.78 is 26.1. The summed E-state index contributed by atoms with van der Waals surface area (Å²) in [6.07, 6.45) is 0.586. The number of rotatable bonds is 19. The van der Waals surface area contributed by atoms with E-state index in [1.165, 1.54) is 39.3 Å². The standard InChI is InChI=1S/C54H62FN9O11S/c1-29-45(76-28-60-29)32-9-12-35(25-59-49(70)40-22-36(65)26-64(40)51(72)46(53(2,3)4)61-52(73)54(55)15-16-54)42(21-32)74-27-44(67)56-17-18-57-47(68)33-10-7-30-8-11-34(38(30)19-33)24-58-48(69)39-23-43(75-62-39)31-13-14-37(41(66)20-31)50(71)63(5)6/h7,9-10,12-14,19-21,23,28,34,36,40,46,65-66H,8,11,15-18,22,24-27H2,1-6H3,(H,56,67)(H,57,68)(H,58,69)(H,59,70)(H,61,73)/t34?,36-,40+,46?/m1/s1. The van der Waals surface area contributed by atoms with Crippen molar-refractivity contribution in [1.29, 1.82) is 0 Å². The molecule has 76 heavy (non-hydrogen) atoms. The zero-order valence-electron chi connectivity index (χ0n) is 43.1. The molecule has 0 spiro atoms.